The molecular formula is C14H21NOP+. The Bertz CT molecular complexity index is 432. The lowest BCUT2D eigenvalue weighted by molar-refractivity contribution is 0.192. The Morgan fingerprint density at radius 2 is 2.18 bits per heavy atom. The largest absolute Gasteiger partial charge is 0.261 e. The summed E-state index contributed by atoms with van der Waals surface area (Å²) in [5, 5.41) is 0. The van der Waals surface area contributed by atoms with E-state index in [0.29, 0.717) is 6.10 Å². The molecule has 2 nitrogen and oxygen atoms in total. The highest BCUT2D eigenvalue weighted by Crippen LogP contribution is 2.73. The molecule has 0 spiro atoms. The number of hydrogen-bond acceptors (Lipinski definition) is 2. The topological polar surface area (TPSA) is 22.1 Å². The molecule has 1 aliphatic carbocycles. The van der Waals surface area contributed by atoms with Crippen molar-refractivity contribution in [2.45, 2.75) is 37.9 Å². The lowest BCUT2D eigenvalue weighted by Gasteiger charge is -2.16. The number of rotatable bonds is 1. The van der Waals surface area contributed by atoms with Crippen LogP contribution >= 0.6 is 7.49 Å². The third-order valence-electron chi connectivity index (χ3n) is 4.46. The molecule has 92 valence electrons. The van der Waals surface area contributed by atoms with E-state index in [2.05, 4.69) is 31.3 Å². The normalized spacial score (nSPS) is 34.9. The summed E-state index contributed by atoms with van der Waals surface area (Å²) < 4.78 is 6.45. The first-order chi connectivity index (χ1) is 8.09. The molecule has 3 atom stereocenters. The molecule has 17 heavy (non-hydrogen) atoms. The zero-order chi connectivity index (χ0) is 12.0. The van der Waals surface area contributed by atoms with Crippen LogP contribution in [0.2, 0.25) is 0 Å². The van der Waals surface area contributed by atoms with Gasteiger partial charge in [-0.25, -0.2) is 4.52 Å². The van der Waals surface area contributed by atoms with Crippen LogP contribution in [0.25, 0.3) is 0 Å². The van der Waals surface area contributed by atoms with E-state index in [9.17, 15) is 0 Å². The molecule has 2 aliphatic rings. The van der Waals surface area contributed by atoms with Crippen LogP contribution in [0.15, 0.2) is 18.3 Å². The Morgan fingerprint density at radius 3 is 2.94 bits per heavy atom. The second-order valence-corrected chi connectivity index (χ2v) is 9.54. The van der Waals surface area contributed by atoms with Gasteiger partial charge in [-0.3, -0.25) is 4.98 Å². The minimum atomic E-state index is -1.17. The average molecular weight is 250 g/mol. The Morgan fingerprint density at radius 1 is 1.35 bits per heavy atom. The maximum Gasteiger partial charge on any atom is 0.144 e. The molecule has 2 heterocycles. The van der Waals surface area contributed by atoms with Gasteiger partial charge in [0.05, 0.1) is 13.3 Å². The molecule has 3 unspecified atom stereocenters. The zero-order valence-corrected chi connectivity index (χ0v) is 11.8. The first-order valence-electron chi connectivity index (χ1n) is 6.53. The highest BCUT2D eigenvalue weighted by Gasteiger charge is 2.58. The Hall–Kier alpha value is -0.460. The standard InChI is InChI=1S/C14H21NOP/c1-10-11(7-5-9-15-10)14-12-6-4-8-13(12)17(2,3)16-14/h5,7,9,12-14H,4,6,8H2,1-3H3/q+1. The summed E-state index contributed by atoms with van der Waals surface area (Å²) in [4.78, 5) is 4.42. The SMILES string of the molecule is Cc1ncccc1C1O[P+](C)(C)C2CCCC12. The van der Waals surface area contributed by atoms with Crippen LogP contribution in [-0.4, -0.2) is 24.0 Å². The van der Waals surface area contributed by atoms with Gasteiger partial charge in [0.15, 0.2) is 0 Å². The van der Waals surface area contributed by atoms with Gasteiger partial charge < -0.3 is 0 Å². The summed E-state index contributed by atoms with van der Waals surface area (Å²) >= 11 is 0. The summed E-state index contributed by atoms with van der Waals surface area (Å²) in [5.41, 5.74) is 3.31. The van der Waals surface area contributed by atoms with E-state index >= 15 is 0 Å². The van der Waals surface area contributed by atoms with Gasteiger partial charge in [-0.05, 0) is 32.3 Å². The van der Waals surface area contributed by atoms with E-state index in [1.165, 1.54) is 24.8 Å². The zero-order valence-electron chi connectivity index (χ0n) is 10.9. The Labute approximate surface area is 104 Å². The summed E-state index contributed by atoms with van der Waals surface area (Å²) in [7, 11) is -1.17. The van der Waals surface area contributed by atoms with E-state index in [0.717, 1.165) is 17.3 Å². The maximum atomic E-state index is 6.45. The molecule has 0 N–H and O–H groups in total. The smallest absolute Gasteiger partial charge is 0.144 e. The Balaban J connectivity index is 1.97. The Kier molecular flexibility index (Phi) is 2.76. The van der Waals surface area contributed by atoms with Gasteiger partial charge in [-0.1, -0.05) is 6.07 Å². The van der Waals surface area contributed by atoms with Crippen LogP contribution in [0.1, 0.15) is 36.6 Å². The molecule has 0 bridgehead atoms. The molecule has 1 aromatic heterocycles. The monoisotopic (exact) mass is 250 g/mol. The predicted molar refractivity (Wildman–Crippen MR) is 72.7 cm³/mol. The number of hydrogen-bond donors (Lipinski definition) is 0. The van der Waals surface area contributed by atoms with Crippen molar-refractivity contribution in [3.05, 3.63) is 29.6 Å². The fourth-order valence-corrected chi connectivity index (χ4v) is 6.67. The van der Waals surface area contributed by atoms with Gasteiger partial charge in [0, 0.05) is 23.4 Å². The number of pyridine rings is 1. The molecule has 2 fully saturated rings. The molecular weight excluding hydrogens is 229 g/mol. The molecule has 1 saturated heterocycles. The minimum absolute atomic E-state index is 0.319. The van der Waals surface area contributed by atoms with Gasteiger partial charge in [-0.15, -0.1) is 0 Å². The summed E-state index contributed by atoms with van der Waals surface area (Å²) in [6, 6.07) is 4.24. The highest BCUT2D eigenvalue weighted by molar-refractivity contribution is 7.70. The lowest BCUT2D eigenvalue weighted by Crippen LogP contribution is -2.13. The quantitative estimate of drug-likeness (QED) is 0.707. The van der Waals surface area contributed by atoms with Crippen LogP contribution in [0.5, 0.6) is 0 Å². The molecule has 0 radical (unpaired) electrons. The number of nitrogens with zero attached hydrogens (tertiary/aromatic N) is 1. The van der Waals surface area contributed by atoms with Crippen LogP contribution in [-0.2, 0) is 4.52 Å². The lowest BCUT2D eigenvalue weighted by atomic mass is 9.93. The van der Waals surface area contributed by atoms with Crippen molar-refractivity contribution in [3.8, 4) is 0 Å². The number of aromatic nitrogens is 1. The van der Waals surface area contributed by atoms with Crippen molar-refractivity contribution >= 4 is 7.49 Å². The third kappa shape index (κ3) is 1.82. The van der Waals surface area contributed by atoms with E-state index in [1.807, 2.05) is 12.3 Å². The van der Waals surface area contributed by atoms with Crippen LogP contribution in [0.3, 0.4) is 0 Å². The predicted octanol–water partition coefficient (Wildman–Crippen LogP) is 3.82. The van der Waals surface area contributed by atoms with Crippen LogP contribution in [0.4, 0.5) is 0 Å². The van der Waals surface area contributed by atoms with Gasteiger partial charge in [-0.2, -0.15) is 0 Å². The molecule has 1 saturated carbocycles. The molecule has 1 aromatic rings. The maximum absolute atomic E-state index is 6.45. The highest BCUT2D eigenvalue weighted by atomic mass is 31.2. The van der Waals surface area contributed by atoms with Gasteiger partial charge in [0.1, 0.15) is 19.3 Å². The molecule has 1 aliphatic heterocycles. The van der Waals surface area contributed by atoms with Crippen molar-refractivity contribution in [1.29, 1.82) is 0 Å². The summed E-state index contributed by atoms with van der Waals surface area (Å²) in [6.45, 7) is 6.83. The number of aryl methyl sites for hydroxylation is 1. The van der Waals surface area contributed by atoms with E-state index < -0.39 is 7.49 Å². The second kappa shape index (κ2) is 4.03. The minimum Gasteiger partial charge on any atom is -0.261 e. The number of fused-ring (bicyclic) bond motifs is 1. The van der Waals surface area contributed by atoms with Crippen LogP contribution < -0.4 is 0 Å². The van der Waals surface area contributed by atoms with Crippen molar-refractivity contribution in [3.63, 3.8) is 0 Å². The molecule has 3 heteroatoms. The van der Waals surface area contributed by atoms with E-state index in [4.69, 9.17) is 4.52 Å². The van der Waals surface area contributed by atoms with Crippen molar-refractivity contribution in [1.82, 2.24) is 4.98 Å². The molecule has 3 rings (SSSR count). The molecule has 0 amide bonds. The van der Waals surface area contributed by atoms with Gasteiger partial charge in [0.25, 0.3) is 0 Å². The van der Waals surface area contributed by atoms with E-state index in [-0.39, 0.29) is 0 Å². The summed E-state index contributed by atoms with van der Waals surface area (Å²) in [5.74, 6) is 0.751. The third-order valence-corrected chi connectivity index (χ3v) is 7.47. The van der Waals surface area contributed by atoms with E-state index in [1.54, 1.807) is 0 Å². The second-order valence-electron chi connectivity index (χ2n) is 5.80. The van der Waals surface area contributed by atoms with Crippen molar-refractivity contribution in [2.24, 2.45) is 5.92 Å². The average Bonchev–Trinajstić information content (AvgIpc) is 2.83. The first kappa shape index (κ1) is 11.6. The van der Waals surface area contributed by atoms with Crippen molar-refractivity contribution < 1.29 is 4.52 Å². The van der Waals surface area contributed by atoms with Crippen molar-refractivity contribution in [2.75, 3.05) is 13.3 Å². The fraction of sp³-hybridized carbons (Fsp3) is 0.643. The summed E-state index contributed by atoms with van der Waals surface area (Å²) in [6.07, 6.45) is 6.30. The van der Waals surface area contributed by atoms with Gasteiger partial charge in [0.2, 0.25) is 0 Å². The first-order valence-corrected chi connectivity index (χ1v) is 9.20. The van der Waals surface area contributed by atoms with Crippen LogP contribution in [0, 0.1) is 12.8 Å². The fourth-order valence-electron chi connectivity index (χ4n) is 3.63. The van der Waals surface area contributed by atoms with Gasteiger partial charge >= 0.3 is 0 Å². The molecule has 0 aromatic carbocycles.